The second kappa shape index (κ2) is 7.94. The first-order valence-corrected chi connectivity index (χ1v) is 6.02. The predicted molar refractivity (Wildman–Crippen MR) is 75.1 cm³/mol. The Hall–Kier alpha value is -2.49. The van der Waals surface area contributed by atoms with Crippen LogP contribution in [-0.4, -0.2) is 52.8 Å². The number of carbonyl (C=O) groups excluding carboxylic acids is 3. The Morgan fingerprint density at radius 1 is 0.667 bits per heavy atom. The molecular formula is C12H18N6O3. The fraction of sp³-hybridized carbons (Fsp3) is 0.250. The second-order valence-corrected chi connectivity index (χ2v) is 4.08. The molecule has 0 unspecified atom stereocenters. The highest BCUT2D eigenvalue weighted by atomic mass is 16.2. The predicted octanol–water partition coefficient (Wildman–Crippen LogP) is -1.57. The van der Waals surface area contributed by atoms with Crippen molar-refractivity contribution in [3.05, 3.63) is 38.0 Å². The lowest BCUT2D eigenvalue weighted by molar-refractivity contribution is -0.146. The molecule has 0 aromatic heterocycles. The van der Waals surface area contributed by atoms with Crippen LogP contribution in [0, 0.1) is 0 Å². The zero-order valence-electron chi connectivity index (χ0n) is 11.5. The van der Waals surface area contributed by atoms with Crippen LogP contribution >= 0.6 is 0 Å². The van der Waals surface area contributed by atoms with Gasteiger partial charge in [0, 0.05) is 0 Å². The highest BCUT2D eigenvalue weighted by Gasteiger charge is 2.25. The van der Waals surface area contributed by atoms with Crippen LogP contribution in [0.1, 0.15) is 0 Å². The summed E-state index contributed by atoms with van der Waals surface area (Å²) in [5, 5.41) is 4.46. The maximum atomic E-state index is 11.3. The molecular weight excluding hydrogens is 276 g/mol. The standard InChI is InChI=1S/C12H18N6O3/c1-4-10(19)13-16-7-17(14-11(20)5-2)9-18(8-16)15-12(21)6-3/h4-6H,1-3,7-9H2,(H,13,19)(H,14,20)(H,15,21). The number of nitrogens with one attached hydrogen (secondary N) is 3. The quantitative estimate of drug-likeness (QED) is 0.512. The van der Waals surface area contributed by atoms with Crippen LogP contribution in [0.15, 0.2) is 38.0 Å². The van der Waals surface area contributed by atoms with E-state index >= 15 is 0 Å². The Kier molecular flexibility index (Phi) is 6.27. The van der Waals surface area contributed by atoms with Crippen molar-refractivity contribution in [3.8, 4) is 0 Å². The molecule has 0 atom stereocenters. The molecule has 1 fully saturated rings. The van der Waals surface area contributed by atoms with Gasteiger partial charge in [-0.1, -0.05) is 19.7 Å². The smallest absolute Gasteiger partial charge is 0.257 e. The highest BCUT2D eigenvalue weighted by molar-refractivity contribution is 5.87. The first-order valence-electron chi connectivity index (χ1n) is 6.02. The zero-order chi connectivity index (χ0) is 15.8. The van der Waals surface area contributed by atoms with Crippen molar-refractivity contribution in [2.75, 3.05) is 20.0 Å². The van der Waals surface area contributed by atoms with Crippen LogP contribution in [0.5, 0.6) is 0 Å². The molecule has 0 aliphatic carbocycles. The maximum absolute atomic E-state index is 11.3. The van der Waals surface area contributed by atoms with Gasteiger partial charge in [0.15, 0.2) is 0 Å². The van der Waals surface area contributed by atoms with Crippen molar-refractivity contribution < 1.29 is 14.4 Å². The van der Waals surface area contributed by atoms with Gasteiger partial charge in [-0.2, -0.15) is 15.0 Å². The van der Waals surface area contributed by atoms with Crippen LogP contribution in [0.4, 0.5) is 0 Å². The molecule has 1 aliphatic rings. The lowest BCUT2D eigenvalue weighted by Gasteiger charge is -2.41. The molecule has 0 bridgehead atoms. The van der Waals surface area contributed by atoms with Gasteiger partial charge in [-0.3, -0.25) is 30.7 Å². The van der Waals surface area contributed by atoms with Crippen LogP contribution < -0.4 is 16.3 Å². The number of amides is 3. The highest BCUT2D eigenvalue weighted by Crippen LogP contribution is 2.01. The van der Waals surface area contributed by atoms with Gasteiger partial charge in [0.05, 0.1) is 20.0 Å². The van der Waals surface area contributed by atoms with E-state index in [1.54, 1.807) is 0 Å². The van der Waals surface area contributed by atoms with Gasteiger partial charge in [0.2, 0.25) is 0 Å². The summed E-state index contributed by atoms with van der Waals surface area (Å²) in [6, 6.07) is 0. The molecule has 1 aliphatic heterocycles. The molecule has 1 saturated heterocycles. The fourth-order valence-corrected chi connectivity index (χ4v) is 1.57. The van der Waals surface area contributed by atoms with Gasteiger partial charge < -0.3 is 0 Å². The van der Waals surface area contributed by atoms with Crippen molar-refractivity contribution in [3.63, 3.8) is 0 Å². The van der Waals surface area contributed by atoms with Crippen LogP contribution in [0.2, 0.25) is 0 Å². The van der Waals surface area contributed by atoms with E-state index in [-0.39, 0.29) is 20.0 Å². The van der Waals surface area contributed by atoms with E-state index in [0.717, 1.165) is 18.2 Å². The van der Waals surface area contributed by atoms with E-state index in [9.17, 15) is 14.4 Å². The average molecular weight is 294 g/mol. The normalized spacial score (nSPS) is 16.6. The Morgan fingerprint density at radius 2 is 0.905 bits per heavy atom. The SMILES string of the molecule is C=CC(=O)NN1CN(NC(=O)C=C)CN(NC(=O)C=C)C1. The topological polar surface area (TPSA) is 97.0 Å². The fourth-order valence-electron chi connectivity index (χ4n) is 1.57. The molecule has 3 amide bonds. The molecule has 0 radical (unpaired) electrons. The van der Waals surface area contributed by atoms with E-state index in [2.05, 4.69) is 36.0 Å². The summed E-state index contributed by atoms with van der Waals surface area (Å²) in [5.41, 5.74) is 7.65. The molecule has 3 N–H and O–H groups in total. The third-order valence-corrected chi connectivity index (χ3v) is 2.39. The van der Waals surface area contributed by atoms with Gasteiger partial charge >= 0.3 is 0 Å². The Labute approximate surface area is 122 Å². The van der Waals surface area contributed by atoms with E-state index < -0.39 is 17.7 Å². The summed E-state index contributed by atoms with van der Waals surface area (Å²) in [5.74, 6) is -1.20. The van der Waals surface area contributed by atoms with Crippen molar-refractivity contribution in [1.29, 1.82) is 0 Å². The molecule has 0 aromatic rings. The molecule has 1 heterocycles. The summed E-state index contributed by atoms with van der Waals surface area (Å²) < 4.78 is 0. The van der Waals surface area contributed by atoms with E-state index in [1.807, 2.05) is 0 Å². The Balaban J connectivity index is 2.71. The molecule has 9 heteroatoms. The Morgan fingerprint density at radius 3 is 1.10 bits per heavy atom. The minimum absolute atomic E-state index is 0.222. The van der Waals surface area contributed by atoms with Crippen molar-refractivity contribution in [1.82, 2.24) is 31.3 Å². The first kappa shape index (κ1) is 16.6. The van der Waals surface area contributed by atoms with Gasteiger partial charge in [0.25, 0.3) is 17.7 Å². The number of hydrazine groups is 3. The van der Waals surface area contributed by atoms with Gasteiger partial charge in [0.1, 0.15) is 0 Å². The Bertz CT molecular complexity index is 391. The molecule has 1 rings (SSSR count). The zero-order valence-corrected chi connectivity index (χ0v) is 11.5. The minimum atomic E-state index is -0.401. The third-order valence-electron chi connectivity index (χ3n) is 2.39. The summed E-state index contributed by atoms with van der Waals surface area (Å²) in [7, 11) is 0. The number of hydrogen-bond acceptors (Lipinski definition) is 6. The maximum Gasteiger partial charge on any atom is 0.257 e. The largest absolute Gasteiger partial charge is 0.283 e. The van der Waals surface area contributed by atoms with Crippen molar-refractivity contribution in [2.24, 2.45) is 0 Å². The average Bonchev–Trinajstić information content (AvgIpc) is 2.46. The van der Waals surface area contributed by atoms with Gasteiger partial charge in [-0.15, -0.1) is 0 Å². The van der Waals surface area contributed by atoms with Crippen LogP contribution in [-0.2, 0) is 14.4 Å². The van der Waals surface area contributed by atoms with Crippen molar-refractivity contribution in [2.45, 2.75) is 0 Å². The van der Waals surface area contributed by atoms with Gasteiger partial charge in [-0.05, 0) is 18.2 Å². The van der Waals surface area contributed by atoms with Crippen LogP contribution in [0.3, 0.4) is 0 Å². The lowest BCUT2D eigenvalue weighted by atomic mass is 10.5. The molecule has 0 spiro atoms. The number of rotatable bonds is 6. The summed E-state index contributed by atoms with van der Waals surface area (Å²) >= 11 is 0. The summed E-state index contributed by atoms with van der Waals surface area (Å²) in [6.45, 7) is 10.7. The number of carbonyl (C=O) groups is 3. The van der Waals surface area contributed by atoms with Crippen LogP contribution in [0.25, 0.3) is 0 Å². The summed E-state index contributed by atoms with van der Waals surface area (Å²) in [6.07, 6.45) is 3.36. The lowest BCUT2D eigenvalue weighted by Crippen LogP contribution is -2.66. The number of hydrogen-bond donors (Lipinski definition) is 3. The van der Waals surface area contributed by atoms with E-state index in [4.69, 9.17) is 0 Å². The van der Waals surface area contributed by atoms with E-state index in [0.29, 0.717) is 0 Å². The first-order chi connectivity index (χ1) is 9.98. The van der Waals surface area contributed by atoms with Gasteiger partial charge in [-0.25, -0.2) is 0 Å². The third kappa shape index (κ3) is 5.57. The monoisotopic (exact) mass is 294 g/mol. The van der Waals surface area contributed by atoms with E-state index in [1.165, 1.54) is 15.0 Å². The molecule has 114 valence electrons. The molecule has 21 heavy (non-hydrogen) atoms. The van der Waals surface area contributed by atoms with Crippen molar-refractivity contribution >= 4 is 17.7 Å². The molecule has 0 aromatic carbocycles. The minimum Gasteiger partial charge on any atom is -0.283 e. The second-order valence-electron chi connectivity index (χ2n) is 4.08. The number of nitrogens with zero attached hydrogens (tertiary/aromatic N) is 3. The molecule has 0 saturated carbocycles. The summed E-state index contributed by atoms with van der Waals surface area (Å²) in [4.78, 5) is 34.0. The molecule has 9 nitrogen and oxygen atoms in total.